The van der Waals surface area contributed by atoms with Crippen LogP contribution < -0.4 is 10.2 Å². The molecule has 0 aromatic heterocycles. The molecule has 1 N–H and O–H groups in total. The van der Waals surface area contributed by atoms with E-state index in [0.29, 0.717) is 17.4 Å². The van der Waals surface area contributed by atoms with Gasteiger partial charge in [-0.3, -0.25) is 9.59 Å². The highest BCUT2D eigenvalue weighted by Crippen LogP contribution is 2.32. The summed E-state index contributed by atoms with van der Waals surface area (Å²) in [5, 5.41) is 2.73. The SMILES string of the molecule is CC1CC(=O)Nc2ccccc2N1C(=O)c1ccc(F)cc1F. The van der Waals surface area contributed by atoms with Crippen LogP contribution in [0.1, 0.15) is 23.7 Å². The first kappa shape index (κ1) is 15.1. The molecule has 2 amide bonds. The molecule has 3 rings (SSSR count). The van der Waals surface area contributed by atoms with Crippen molar-refractivity contribution in [1.82, 2.24) is 0 Å². The molecule has 0 fully saturated rings. The lowest BCUT2D eigenvalue weighted by molar-refractivity contribution is -0.116. The van der Waals surface area contributed by atoms with Gasteiger partial charge >= 0.3 is 0 Å². The smallest absolute Gasteiger partial charge is 0.261 e. The van der Waals surface area contributed by atoms with Gasteiger partial charge in [-0.25, -0.2) is 8.78 Å². The number of amides is 2. The molecule has 1 aliphatic heterocycles. The molecular formula is C17H14F2N2O2. The van der Waals surface area contributed by atoms with E-state index in [4.69, 9.17) is 0 Å². The van der Waals surface area contributed by atoms with E-state index in [0.717, 1.165) is 12.1 Å². The zero-order valence-corrected chi connectivity index (χ0v) is 12.3. The number of carbonyl (C=O) groups excluding carboxylic acids is 2. The predicted octanol–water partition coefficient (Wildman–Crippen LogP) is 3.34. The minimum absolute atomic E-state index is 0.0865. The third-order valence-corrected chi connectivity index (χ3v) is 3.74. The van der Waals surface area contributed by atoms with Crippen LogP contribution in [0, 0.1) is 11.6 Å². The molecule has 1 atom stereocenters. The summed E-state index contributed by atoms with van der Waals surface area (Å²) in [4.78, 5) is 26.1. The first-order valence-corrected chi connectivity index (χ1v) is 7.15. The molecule has 1 aliphatic rings. The Morgan fingerprint density at radius 2 is 1.96 bits per heavy atom. The maximum Gasteiger partial charge on any atom is 0.261 e. The minimum atomic E-state index is -0.928. The summed E-state index contributed by atoms with van der Waals surface area (Å²) in [5.74, 6) is -2.51. The monoisotopic (exact) mass is 316 g/mol. The van der Waals surface area contributed by atoms with Gasteiger partial charge in [0.1, 0.15) is 11.6 Å². The Bertz CT molecular complexity index is 792. The average molecular weight is 316 g/mol. The number of hydrogen-bond donors (Lipinski definition) is 1. The van der Waals surface area contributed by atoms with E-state index in [1.807, 2.05) is 0 Å². The van der Waals surface area contributed by atoms with Crippen molar-refractivity contribution in [3.63, 3.8) is 0 Å². The topological polar surface area (TPSA) is 49.4 Å². The van der Waals surface area contributed by atoms with E-state index in [-0.39, 0.29) is 17.9 Å². The first-order chi connectivity index (χ1) is 11.0. The lowest BCUT2D eigenvalue weighted by atomic mass is 10.1. The number of fused-ring (bicyclic) bond motifs is 1. The fourth-order valence-electron chi connectivity index (χ4n) is 2.69. The molecule has 4 nitrogen and oxygen atoms in total. The zero-order chi connectivity index (χ0) is 16.6. The van der Waals surface area contributed by atoms with Crippen molar-refractivity contribution in [2.24, 2.45) is 0 Å². The van der Waals surface area contributed by atoms with E-state index in [9.17, 15) is 18.4 Å². The van der Waals surface area contributed by atoms with Crippen LogP contribution in [0.5, 0.6) is 0 Å². The molecule has 0 saturated carbocycles. The van der Waals surface area contributed by atoms with E-state index in [1.54, 1.807) is 31.2 Å². The summed E-state index contributed by atoms with van der Waals surface area (Å²) in [5.41, 5.74) is 0.736. The summed E-state index contributed by atoms with van der Waals surface area (Å²) < 4.78 is 27.0. The Kier molecular flexibility index (Phi) is 3.82. The molecule has 0 saturated heterocycles. The quantitative estimate of drug-likeness (QED) is 0.877. The molecule has 1 heterocycles. The molecule has 1 unspecified atom stereocenters. The van der Waals surface area contributed by atoms with Gasteiger partial charge in [-0.2, -0.15) is 0 Å². The van der Waals surface area contributed by atoms with Crippen LogP contribution >= 0.6 is 0 Å². The fourth-order valence-corrected chi connectivity index (χ4v) is 2.69. The number of nitrogens with zero attached hydrogens (tertiary/aromatic N) is 1. The van der Waals surface area contributed by atoms with Crippen molar-refractivity contribution in [1.29, 1.82) is 0 Å². The highest BCUT2D eigenvalue weighted by atomic mass is 19.1. The number of hydrogen-bond acceptors (Lipinski definition) is 2. The van der Waals surface area contributed by atoms with Crippen molar-refractivity contribution in [2.75, 3.05) is 10.2 Å². The molecule has 6 heteroatoms. The second kappa shape index (κ2) is 5.79. The van der Waals surface area contributed by atoms with Gasteiger partial charge in [0.25, 0.3) is 5.91 Å². The van der Waals surface area contributed by atoms with Crippen molar-refractivity contribution in [3.05, 3.63) is 59.7 Å². The number of rotatable bonds is 1. The molecule has 0 bridgehead atoms. The van der Waals surface area contributed by atoms with Crippen LogP contribution in [-0.2, 0) is 4.79 Å². The van der Waals surface area contributed by atoms with Gasteiger partial charge in [0.05, 0.1) is 16.9 Å². The van der Waals surface area contributed by atoms with E-state index in [2.05, 4.69) is 5.32 Å². The largest absolute Gasteiger partial charge is 0.324 e. The number of benzene rings is 2. The van der Waals surface area contributed by atoms with Crippen molar-refractivity contribution in [3.8, 4) is 0 Å². The van der Waals surface area contributed by atoms with Crippen LogP contribution in [0.15, 0.2) is 42.5 Å². The first-order valence-electron chi connectivity index (χ1n) is 7.15. The fraction of sp³-hybridized carbons (Fsp3) is 0.176. The van der Waals surface area contributed by atoms with Crippen LogP contribution in [-0.4, -0.2) is 17.9 Å². The van der Waals surface area contributed by atoms with Crippen LogP contribution in [0.3, 0.4) is 0 Å². The normalized spacial score (nSPS) is 17.3. The Morgan fingerprint density at radius 1 is 1.22 bits per heavy atom. The zero-order valence-electron chi connectivity index (χ0n) is 12.3. The van der Waals surface area contributed by atoms with Crippen LogP contribution in [0.2, 0.25) is 0 Å². The van der Waals surface area contributed by atoms with Crippen LogP contribution in [0.4, 0.5) is 20.2 Å². The van der Waals surface area contributed by atoms with E-state index < -0.39 is 23.6 Å². The second-order valence-corrected chi connectivity index (χ2v) is 5.42. The van der Waals surface area contributed by atoms with Gasteiger partial charge in [-0.1, -0.05) is 12.1 Å². The molecular weight excluding hydrogens is 302 g/mol. The third-order valence-electron chi connectivity index (χ3n) is 3.74. The third kappa shape index (κ3) is 2.79. The Labute approximate surface area is 131 Å². The summed E-state index contributed by atoms with van der Waals surface area (Å²) in [6.45, 7) is 1.71. The highest BCUT2D eigenvalue weighted by molar-refractivity contribution is 6.11. The highest BCUT2D eigenvalue weighted by Gasteiger charge is 2.31. The maximum absolute atomic E-state index is 14.0. The number of carbonyl (C=O) groups is 2. The van der Waals surface area contributed by atoms with Gasteiger partial charge in [0.15, 0.2) is 0 Å². The lowest BCUT2D eigenvalue weighted by Crippen LogP contribution is -2.39. The number of nitrogens with one attached hydrogen (secondary N) is 1. The average Bonchev–Trinajstić information content (AvgIpc) is 2.61. The van der Waals surface area contributed by atoms with Gasteiger partial charge in [-0.05, 0) is 31.2 Å². The number of para-hydroxylation sites is 2. The van der Waals surface area contributed by atoms with Crippen molar-refractivity contribution in [2.45, 2.75) is 19.4 Å². The standard InChI is InChI=1S/C17H14F2N2O2/c1-10-8-16(22)20-14-4-2-3-5-15(14)21(10)17(23)12-7-6-11(18)9-13(12)19/h2-7,9-10H,8H2,1H3,(H,20,22). The lowest BCUT2D eigenvalue weighted by Gasteiger charge is -2.28. The molecule has 0 spiro atoms. The van der Waals surface area contributed by atoms with E-state index in [1.165, 1.54) is 4.90 Å². The van der Waals surface area contributed by atoms with Crippen LogP contribution in [0.25, 0.3) is 0 Å². The molecule has 2 aromatic carbocycles. The molecule has 118 valence electrons. The summed E-state index contributed by atoms with van der Waals surface area (Å²) in [6, 6.07) is 9.17. The predicted molar refractivity (Wildman–Crippen MR) is 82.3 cm³/mol. The molecule has 23 heavy (non-hydrogen) atoms. The second-order valence-electron chi connectivity index (χ2n) is 5.42. The van der Waals surface area contributed by atoms with Crippen molar-refractivity contribution < 1.29 is 18.4 Å². The minimum Gasteiger partial charge on any atom is -0.324 e. The maximum atomic E-state index is 14.0. The summed E-state index contributed by atoms with van der Waals surface area (Å²) in [6.07, 6.45) is 0.0865. The van der Waals surface area contributed by atoms with Crippen molar-refractivity contribution >= 4 is 23.2 Å². The Hall–Kier alpha value is -2.76. The van der Waals surface area contributed by atoms with Gasteiger partial charge in [0, 0.05) is 18.5 Å². The summed E-state index contributed by atoms with van der Waals surface area (Å²) in [7, 11) is 0. The van der Waals surface area contributed by atoms with Gasteiger partial charge in [0.2, 0.25) is 5.91 Å². The number of halogens is 2. The molecule has 0 aliphatic carbocycles. The number of anilines is 2. The van der Waals surface area contributed by atoms with Gasteiger partial charge < -0.3 is 10.2 Å². The Balaban J connectivity index is 2.09. The summed E-state index contributed by atoms with van der Waals surface area (Å²) >= 11 is 0. The molecule has 0 radical (unpaired) electrons. The Morgan fingerprint density at radius 3 is 2.70 bits per heavy atom. The van der Waals surface area contributed by atoms with Gasteiger partial charge in [-0.15, -0.1) is 0 Å². The van der Waals surface area contributed by atoms with E-state index >= 15 is 0 Å². The molecule has 2 aromatic rings.